The van der Waals surface area contributed by atoms with Gasteiger partial charge in [-0.05, 0) is 18.6 Å². The molecular weight excluding hydrogens is 176 g/mol. The summed E-state index contributed by atoms with van der Waals surface area (Å²) in [6.45, 7) is 0.0272. The van der Waals surface area contributed by atoms with Crippen molar-refractivity contribution in [1.29, 1.82) is 0 Å². The number of hydrogen-bond donors (Lipinski definition) is 2. The van der Waals surface area contributed by atoms with Gasteiger partial charge in [0.05, 0.1) is 6.61 Å². The Morgan fingerprint density at radius 3 is 2.40 bits per heavy atom. The van der Waals surface area contributed by atoms with Crippen molar-refractivity contribution in [3.05, 3.63) is 0 Å². The maximum Gasteiger partial charge on any atom is 0.397 e. The average molecular weight is 186 g/mol. The zero-order valence-electron chi connectivity index (χ0n) is 5.36. The Morgan fingerprint density at radius 2 is 2.00 bits per heavy atom. The van der Waals surface area contributed by atoms with E-state index < -0.39 is 10.4 Å². The highest BCUT2D eigenvalue weighted by atomic mass is 32.3. The van der Waals surface area contributed by atoms with E-state index in [-0.39, 0.29) is 6.61 Å². The summed E-state index contributed by atoms with van der Waals surface area (Å²) in [6.07, 6.45) is 1.36. The van der Waals surface area contributed by atoms with Crippen LogP contribution < -0.4 is 0 Å². The summed E-state index contributed by atoms with van der Waals surface area (Å²) in [7, 11) is -4.23. The largest absolute Gasteiger partial charge is 0.397 e. The minimum Gasteiger partial charge on any atom is -0.264 e. The molecule has 10 heavy (non-hydrogen) atoms. The van der Waals surface area contributed by atoms with Crippen LogP contribution in [0.2, 0.25) is 0 Å². The lowest BCUT2D eigenvalue weighted by Gasteiger charge is -1.96. The van der Waals surface area contributed by atoms with E-state index in [1.165, 1.54) is 0 Å². The minimum absolute atomic E-state index is 0.0272. The van der Waals surface area contributed by atoms with Crippen molar-refractivity contribution in [3.63, 3.8) is 0 Å². The molecule has 6 heteroatoms. The molecule has 0 aromatic heterocycles. The van der Waals surface area contributed by atoms with Gasteiger partial charge in [-0.25, -0.2) is 4.18 Å². The molecule has 0 spiro atoms. The number of unbranched alkanes of at least 4 members (excludes halogenated alkanes) is 1. The van der Waals surface area contributed by atoms with Gasteiger partial charge in [-0.15, -0.1) is 0 Å². The summed E-state index contributed by atoms with van der Waals surface area (Å²) in [5.41, 5.74) is 0. The summed E-state index contributed by atoms with van der Waals surface area (Å²) in [6, 6.07) is 0. The Kier molecular flexibility index (Phi) is 5.06. The van der Waals surface area contributed by atoms with Crippen LogP contribution in [0.4, 0.5) is 0 Å². The third kappa shape index (κ3) is 8.22. The van der Waals surface area contributed by atoms with Gasteiger partial charge in [-0.2, -0.15) is 21.0 Å². The topological polar surface area (TPSA) is 63.6 Å². The van der Waals surface area contributed by atoms with Gasteiger partial charge in [0.1, 0.15) is 0 Å². The molecule has 0 atom stereocenters. The first-order valence-corrected chi connectivity index (χ1v) is 4.79. The van der Waals surface area contributed by atoms with Crippen LogP contribution >= 0.6 is 12.6 Å². The first-order valence-electron chi connectivity index (χ1n) is 2.79. The standard InChI is InChI=1S/C4H10O4S2/c5-10(6,7)8-3-1-2-4-9/h9H,1-4H2,(H,5,6,7). The number of rotatable bonds is 5. The lowest BCUT2D eigenvalue weighted by molar-refractivity contribution is 0.264. The molecule has 0 radical (unpaired) electrons. The van der Waals surface area contributed by atoms with E-state index in [0.717, 1.165) is 6.42 Å². The van der Waals surface area contributed by atoms with Crippen LogP contribution in [0.25, 0.3) is 0 Å². The van der Waals surface area contributed by atoms with E-state index in [0.29, 0.717) is 12.2 Å². The molecule has 0 aliphatic rings. The van der Waals surface area contributed by atoms with Gasteiger partial charge in [0.15, 0.2) is 0 Å². The quantitative estimate of drug-likeness (QED) is 0.373. The van der Waals surface area contributed by atoms with Crippen LogP contribution in [0.5, 0.6) is 0 Å². The molecule has 0 rings (SSSR count). The van der Waals surface area contributed by atoms with E-state index in [9.17, 15) is 8.42 Å². The lowest BCUT2D eigenvalue weighted by atomic mass is 10.4. The maximum atomic E-state index is 9.91. The molecule has 0 aliphatic heterocycles. The molecule has 0 heterocycles. The molecule has 0 aromatic rings. The van der Waals surface area contributed by atoms with Gasteiger partial charge in [0.2, 0.25) is 0 Å². The lowest BCUT2D eigenvalue weighted by Crippen LogP contribution is -2.04. The monoisotopic (exact) mass is 186 g/mol. The molecule has 0 fully saturated rings. The van der Waals surface area contributed by atoms with Crippen molar-refractivity contribution in [1.82, 2.24) is 0 Å². The summed E-state index contributed by atoms with van der Waals surface area (Å²) < 4.78 is 31.9. The molecule has 4 nitrogen and oxygen atoms in total. The first kappa shape index (κ1) is 10.2. The normalized spacial score (nSPS) is 11.8. The predicted molar refractivity (Wildman–Crippen MR) is 40.6 cm³/mol. The summed E-state index contributed by atoms with van der Waals surface area (Å²) in [5, 5.41) is 0. The van der Waals surface area contributed by atoms with Gasteiger partial charge in [-0.3, -0.25) is 4.55 Å². The summed E-state index contributed by atoms with van der Waals surface area (Å²) in [4.78, 5) is 0. The van der Waals surface area contributed by atoms with Crippen LogP contribution in [0.3, 0.4) is 0 Å². The Hall–Kier alpha value is 0.220. The number of thiol groups is 1. The highest BCUT2D eigenvalue weighted by Gasteiger charge is 2.01. The second-order valence-electron chi connectivity index (χ2n) is 1.68. The van der Waals surface area contributed by atoms with Crippen LogP contribution in [0.15, 0.2) is 0 Å². The highest BCUT2D eigenvalue weighted by molar-refractivity contribution is 7.80. The van der Waals surface area contributed by atoms with Gasteiger partial charge in [0, 0.05) is 0 Å². The number of hydrogen-bond acceptors (Lipinski definition) is 4. The summed E-state index contributed by atoms with van der Waals surface area (Å²) in [5.74, 6) is 0.689. The van der Waals surface area contributed by atoms with Crippen LogP contribution in [0, 0.1) is 0 Å². The van der Waals surface area contributed by atoms with Gasteiger partial charge in [0.25, 0.3) is 0 Å². The maximum absolute atomic E-state index is 9.91. The second-order valence-corrected chi connectivity index (χ2v) is 3.22. The zero-order valence-corrected chi connectivity index (χ0v) is 7.07. The van der Waals surface area contributed by atoms with E-state index in [1.54, 1.807) is 0 Å². The summed E-state index contributed by atoms with van der Waals surface area (Å²) >= 11 is 3.90. The van der Waals surface area contributed by atoms with E-state index >= 15 is 0 Å². The highest BCUT2D eigenvalue weighted by Crippen LogP contribution is 1.94. The molecule has 0 unspecified atom stereocenters. The molecule has 0 aliphatic carbocycles. The van der Waals surface area contributed by atoms with Crippen molar-refractivity contribution in [2.75, 3.05) is 12.4 Å². The SMILES string of the molecule is O=S(=O)(O)OCCCCS. The fraction of sp³-hybridized carbons (Fsp3) is 1.00. The average Bonchev–Trinajstić information content (AvgIpc) is 1.78. The smallest absolute Gasteiger partial charge is 0.264 e. The molecule has 0 bridgehead atoms. The zero-order chi connectivity index (χ0) is 8.04. The van der Waals surface area contributed by atoms with Crippen molar-refractivity contribution in [3.8, 4) is 0 Å². The van der Waals surface area contributed by atoms with Crippen molar-refractivity contribution < 1.29 is 17.2 Å². The van der Waals surface area contributed by atoms with E-state index in [4.69, 9.17) is 4.55 Å². The Balaban J connectivity index is 3.21. The molecule has 62 valence electrons. The van der Waals surface area contributed by atoms with Gasteiger partial charge < -0.3 is 0 Å². The third-order valence-corrected chi connectivity index (χ3v) is 1.57. The van der Waals surface area contributed by atoms with Gasteiger partial charge in [-0.1, -0.05) is 0 Å². The van der Waals surface area contributed by atoms with Crippen molar-refractivity contribution in [2.45, 2.75) is 12.8 Å². The van der Waals surface area contributed by atoms with Gasteiger partial charge >= 0.3 is 10.4 Å². The second kappa shape index (κ2) is 4.95. The molecule has 0 saturated carbocycles. The van der Waals surface area contributed by atoms with E-state index in [1.807, 2.05) is 0 Å². The molecule has 0 saturated heterocycles. The van der Waals surface area contributed by atoms with Crippen molar-refractivity contribution >= 4 is 23.0 Å². The Bertz CT molecular complexity index is 162. The molecule has 0 amide bonds. The van der Waals surface area contributed by atoms with Crippen molar-refractivity contribution in [2.24, 2.45) is 0 Å². The third-order valence-electron chi connectivity index (χ3n) is 0.785. The molecular formula is C4H10O4S2. The molecule has 1 N–H and O–H groups in total. The Morgan fingerprint density at radius 1 is 1.40 bits per heavy atom. The van der Waals surface area contributed by atoms with Crippen LogP contribution in [-0.2, 0) is 14.6 Å². The fourth-order valence-electron chi connectivity index (χ4n) is 0.378. The predicted octanol–water partition coefficient (Wildman–Crippen LogP) is 0.516. The molecule has 0 aromatic carbocycles. The first-order chi connectivity index (χ1) is 4.56. The fourth-order valence-corrected chi connectivity index (χ4v) is 0.930. The Labute approximate surface area is 65.9 Å². The van der Waals surface area contributed by atoms with E-state index in [2.05, 4.69) is 16.8 Å². The van der Waals surface area contributed by atoms with Crippen LogP contribution in [0.1, 0.15) is 12.8 Å². The van der Waals surface area contributed by atoms with Crippen LogP contribution in [-0.4, -0.2) is 25.3 Å². The minimum atomic E-state index is -4.23.